The zero-order chi connectivity index (χ0) is 15.6. The van der Waals surface area contributed by atoms with Gasteiger partial charge in [-0.25, -0.2) is 4.79 Å². The molecule has 0 atom stereocenters. The first-order chi connectivity index (χ1) is 9.90. The Labute approximate surface area is 121 Å². The van der Waals surface area contributed by atoms with Crippen molar-refractivity contribution < 1.29 is 19.8 Å². The standard InChI is InChI=1S/C16H15NO4/c1-9-6-7-10(2)12(8-9)15(19)17-13-5-3-4-11(14(13)18)16(20)21/h3-8,18H,1-2H3,(H,17,19)(H,20,21). The lowest BCUT2D eigenvalue weighted by molar-refractivity contribution is 0.0693. The molecular weight excluding hydrogens is 270 g/mol. The summed E-state index contributed by atoms with van der Waals surface area (Å²) in [6.45, 7) is 3.68. The molecule has 3 N–H and O–H groups in total. The third-order valence-corrected chi connectivity index (χ3v) is 3.15. The minimum Gasteiger partial charge on any atom is -0.505 e. The molecule has 2 rings (SSSR count). The molecule has 0 unspecified atom stereocenters. The monoisotopic (exact) mass is 285 g/mol. The number of carbonyl (C=O) groups excluding carboxylic acids is 1. The van der Waals surface area contributed by atoms with Gasteiger partial charge >= 0.3 is 5.97 Å². The Kier molecular flexibility index (Phi) is 3.93. The summed E-state index contributed by atoms with van der Waals surface area (Å²) in [5, 5.41) is 21.4. The van der Waals surface area contributed by atoms with E-state index in [0.29, 0.717) is 5.56 Å². The molecule has 108 valence electrons. The van der Waals surface area contributed by atoms with E-state index in [1.54, 1.807) is 6.07 Å². The van der Waals surface area contributed by atoms with Crippen LogP contribution in [0.2, 0.25) is 0 Å². The maximum Gasteiger partial charge on any atom is 0.339 e. The number of aromatic hydroxyl groups is 1. The molecule has 0 bridgehead atoms. The maximum absolute atomic E-state index is 12.3. The van der Waals surface area contributed by atoms with Crippen molar-refractivity contribution in [3.63, 3.8) is 0 Å². The van der Waals surface area contributed by atoms with Crippen LogP contribution in [-0.2, 0) is 0 Å². The lowest BCUT2D eigenvalue weighted by Crippen LogP contribution is -2.14. The number of carboxylic acids is 1. The van der Waals surface area contributed by atoms with Crippen molar-refractivity contribution in [3.05, 3.63) is 58.7 Å². The van der Waals surface area contributed by atoms with Crippen molar-refractivity contribution in [2.24, 2.45) is 0 Å². The second kappa shape index (κ2) is 5.66. The molecule has 0 saturated carbocycles. The molecule has 0 spiro atoms. The summed E-state index contributed by atoms with van der Waals surface area (Å²) in [7, 11) is 0. The van der Waals surface area contributed by atoms with Crippen LogP contribution in [-0.4, -0.2) is 22.1 Å². The number of rotatable bonds is 3. The predicted octanol–water partition coefficient (Wildman–Crippen LogP) is 2.96. The second-order valence-corrected chi connectivity index (χ2v) is 4.78. The lowest BCUT2D eigenvalue weighted by Gasteiger charge is -2.11. The Morgan fingerprint density at radius 2 is 1.76 bits per heavy atom. The highest BCUT2D eigenvalue weighted by Gasteiger charge is 2.16. The van der Waals surface area contributed by atoms with Gasteiger partial charge in [0.05, 0.1) is 5.69 Å². The van der Waals surface area contributed by atoms with E-state index in [-0.39, 0.29) is 11.3 Å². The van der Waals surface area contributed by atoms with Crippen molar-refractivity contribution in [2.75, 3.05) is 5.32 Å². The smallest absolute Gasteiger partial charge is 0.339 e. The number of aryl methyl sites for hydroxylation is 2. The van der Waals surface area contributed by atoms with Gasteiger partial charge in [0, 0.05) is 5.56 Å². The van der Waals surface area contributed by atoms with E-state index in [4.69, 9.17) is 5.11 Å². The Hall–Kier alpha value is -2.82. The van der Waals surface area contributed by atoms with E-state index >= 15 is 0 Å². The Bertz CT molecular complexity index is 722. The quantitative estimate of drug-likeness (QED) is 0.757. The van der Waals surface area contributed by atoms with Gasteiger partial charge in [0.1, 0.15) is 5.56 Å². The number of benzene rings is 2. The molecule has 0 aliphatic heterocycles. The summed E-state index contributed by atoms with van der Waals surface area (Å²) in [4.78, 5) is 23.2. The molecule has 2 aromatic carbocycles. The van der Waals surface area contributed by atoms with Crippen molar-refractivity contribution >= 4 is 17.6 Å². The molecular formula is C16H15NO4. The van der Waals surface area contributed by atoms with Crippen LogP contribution in [0.4, 0.5) is 5.69 Å². The third-order valence-electron chi connectivity index (χ3n) is 3.15. The fourth-order valence-electron chi connectivity index (χ4n) is 1.99. The number of hydrogen-bond donors (Lipinski definition) is 3. The first kappa shape index (κ1) is 14.6. The Balaban J connectivity index is 2.34. The van der Waals surface area contributed by atoms with Crippen LogP contribution >= 0.6 is 0 Å². The molecule has 0 aromatic heterocycles. The maximum atomic E-state index is 12.3. The largest absolute Gasteiger partial charge is 0.505 e. The number of carbonyl (C=O) groups is 2. The van der Waals surface area contributed by atoms with Gasteiger partial charge in [-0.05, 0) is 37.6 Å². The molecule has 5 heteroatoms. The number of amides is 1. The van der Waals surface area contributed by atoms with E-state index in [2.05, 4.69) is 5.32 Å². The van der Waals surface area contributed by atoms with Gasteiger partial charge < -0.3 is 15.5 Å². The zero-order valence-corrected chi connectivity index (χ0v) is 11.7. The number of hydrogen-bond acceptors (Lipinski definition) is 3. The first-order valence-electron chi connectivity index (χ1n) is 6.34. The summed E-state index contributed by atoms with van der Waals surface area (Å²) in [6, 6.07) is 9.65. The van der Waals surface area contributed by atoms with Crippen LogP contribution in [0.25, 0.3) is 0 Å². The van der Waals surface area contributed by atoms with Crippen LogP contribution in [0.1, 0.15) is 31.8 Å². The van der Waals surface area contributed by atoms with Gasteiger partial charge in [-0.15, -0.1) is 0 Å². The van der Waals surface area contributed by atoms with E-state index in [9.17, 15) is 14.7 Å². The number of carboxylic acid groups (broad SMARTS) is 1. The van der Waals surface area contributed by atoms with Crippen molar-refractivity contribution in [1.29, 1.82) is 0 Å². The highest BCUT2D eigenvalue weighted by atomic mass is 16.4. The van der Waals surface area contributed by atoms with Crippen LogP contribution in [0, 0.1) is 13.8 Å². The van der Waals surface area contributed by atoms with Crippen LogP contribution in [0.15, 0.2) is 36.4 Å². The van der Waals surface area contributed by atoms with E-state index in [1.165, 1.54) is 18.2 Å². The highest BCUT2D eigenvalue weighted by Crippen LogP contribution is 2.28. The van der Waals surface area contributed by atoms with E-state index < -0.39 is 17.6 Å². The minimum atomic E-state index is -1.25. The van der Waals surface area contributed by atoms with Crippen molar-refractivity contribution in [1.82, 2.24) is 0 Å². The Morgan fingerprint density at radius 1 is 1.05 bits per heavy atom. The average molecular weight is 285 g/mol. The van der Waals surface area contributed by atoms with E-state index in [0.717, 1.165) is 11.1 Å². The average Bonchev–Trinajstić information content (AvgIpc) is 2.43. The number of aromatic carboxylic acids is 1. The molecule has 0 heterocycles. The third kappa shape index (κ3) is 3.02. The first-order valence-corrected chi connectivity index (χ1v) is 6.34. The minimum absolute atomic E-state index is 0.0702. The predicted molar refractivity (Wildman–Crippen MR) is 78.9 cm³/mol. The van der Waals surface area contributed by atoms with Crippen molar-refractivity contribution in [2.45, 2.75) is 13.8 Å². The van der Waals surface area contributed by atoms with Gasteiger partial charge in [-0.2, -0.15) is 0 Å². The second-order valence-electron chi connectivity index (χ2n) is 4.78. The van der Waals surface area contributed by atoms with Gasteiger partial charge in [-0.3, -0.25) is 4.79 Å². The summed E-state index contributed by atoms with van der Waals surface area (Å²) in [5.41, 5.74) is 2.03. The molecule has 21 heavy (non-hydrogen) atoms. The highest BCUT2D eigenvalue weighted by molar-refractivity contribution is 6.07. The normalized spacial score (nSPS) is 10.2. The number of para-hydroxylation sites is 1. The molecule has 1 amide bonds. The van der Waals surface area contributed by atoms with E-state index in [1.807, 2.05) is 26.0 Å². The fraction of sp³-hybridized carbons (Fsp3) is 0.125. The lowest BCUT2D eigenvalue weighted by atomic mass is 10.0. The number of nitrogens with one attached hydrogen (secondary N) is 1. The van der Waals surface area contributed by atoms with Gasteiger partial charge in [-0.1, -0.05) is 23.8 Å². The Morgan fingerprint density at radius 3 is 2.43 bits per heavy atom. The van der Waals surface area contributed by atoms with Gasteiger partial charge in [0.15, 0.2) is 5.75 Å². The molecule has 5 nitrogen and oxygen atoms in total. The number of phenols is 1. The fourth-order valence-corrected chi connectivity index (χ4v) is 1.99. The van der Waals surface area contributed by atoms with Crippen LogP contribution in [0.3, 0.4) is 0 Å². The molecule has 0 aliphatic rings. The van der Waals surface area contributed by atoms with Crippen molar-refractivity contribution in [3.8, 4) is 5.75 Å². The molecule has 0 fully saturated rings. The number of anilines is 1. The van der Waals surface area contributed by atoms with Gasteiger partial charge in [0.25, 0.3) is 5.91 Å². The molecule has 0 radical (unpaired) electrons. The SMILES string of the molecule is Cc1ccc(C)c(C(=O)Nc2cccc(C(=O)O)c2O)c1. The summed E-state index contributed by atoms with van der Waals surface area (Å²) >= 11 is 0. The summed E-state index contributed by atoms with van der Waals surface area (Å²) in [6.07, 6.45) is 0. The van der Waals surface area contributed by atoms with Gasteiger partial charge in [0.2, 0.25) is 0 Å². The topological polar surface area (TPSA) is 86.6 Å². The van der Waals surface area contributed by atoms with Crippen LogP contribution < -0.4 is 5.32 Å². The molecule has 0 aliphatic carbocycles. The zero-order valence-electron chi connectivity index (χ0n) is 11.7. The summed E-state index contributed by atoms with van der Waals surface area (Å²) < 4.78 is 0. The molecule has 0 saturated heterocycles. The summed E-state index contributed by atoms with van der Waals surface area (Å²) in [5.74, 6) is -2.10. The van der Waals surface area contributed by atoms with Crippen LogP contribution in [0.5, 0.6) is 5.75 Å². The molecule has 2 aromatic rings.